The summed E-state index contributed by atoms with van der Waals surface area (Å²) < 4.78 is 2.60. The first-order chi connectivity index (χ1) is 10.5. The number of aryl methyl sites for hydroxylation is 1. The van der Waals surface area contributed by atoms with Gasteiger partial charge in [-0.15, -0.1) is 0 Å². The van der Waals surface area contributed by atoms with Gasteiger partial charge in [0.25, 0.3) is 5.91 Å². The molecule has 7 heteroatoms. The smallest absolute Gasteiger partial charge is 0.276 e. The van der Waals surface area contributed by atoms with Crippen LogP contribution in [-0.4, -0.2) is 33.9 Å². The molecular weight excluding hydrogens is 348 g/mol. The second-order valence-electron chi connectivity index (χ2n) is 4.91. The zero-order valence-electron chi connectivity index (χ0n) is 12.6. The Balaban J connectivity index is 2.09. The fraction of sp³-hybridized carbons (Fsp3) is 0.333. The molecule has 0 spiro atoms. The van der Waals surface area contributed by atoms with Crippen molar-refractivity contribution >= 4 is 27.5 Å². The van der Waals surface area contributed by atoms with Gasteiger partial charge in [-0.05, 0) is 30.7 Å². The minimum atomic E-state index is -0.245. The maximum atomic E-state index is 12.3. The molecule has 0 fully saturated rings. The molecule has 3 N–H and O–H groups in total. The normalized spacial score (nSPS) is 10.7. The number of aliphatic hydroxyl groups excluding tert-OH is 1. The number of hydrogen-bond acceptors (Lipinski definition) is 4. The van der Waals surface area contributed by atoms with E-state index in [-0.39, 0.29) is 12.5 Å². The van der Waals surface area contributed by atoms with E-state index in [0.29, 0.717) is 18.8 Å². The van der Waals surface area contributed by atoms with Crippen LogP contribution in [-0.2, 0) is 13.6 Å². The first-order valence-electron chi connectivity index (χ1n) is 6.94. The maximum Gasteiger partial charge on any atom is 0.276 e. The summed E-state index contributed by atoms with van der Waals surface area (Å²) in [6.07, 6.45) is 0. The third-order valence-corrected chi connectivity index (χ3v) is 4.18. The Hall–Kier alpha value is -1.70. The molecule has 6 nitrogen and oxygen atoms in total. The Labute approximate surface area is 137 Å². The molecule has 1 heterocycles. The van der Waals surface area contributed by atoms with Crippen LogP contribution in [0.4, 0.5) is 5.69 Å². The standard InChI is InChI=1S/C15H19BrN4O2/c1-10-12(16)4-3-5-13(10)18-15(22)14-8-11(20(2)19-14)9-17-6-7-21/h3-5,8,17,21H,6-7,9H2,1-2H3,(H,18,22). The summed E-state index contributed by atoms with van der Waals surface area (Å²) in [6.45, 7) is 3.06. The first kappa shape index (κ1) is 16.7. The predicted octanol–water partition coefficient (Wildman–Crippen LogP) is 1.83. The summed E-state index contributed by atoms with van der Waals surface area (Å²) in [7, 11) is 1.79. The summed E-state index contributed by atoms with van der Waals surface area (Å²) >= 11 is 3.44. The lowest BCUT2D eigenvalue weighted by atomic mass is 10.2. The molecule has 0 unspecified atom stereocenters. The number of carbonyl (C=O) groups excluding carboxylic acids is 1. The fourth-order valence-corrected chi connectivity index (χ4v) is 2.37. The van der Waals surface area contributed by atoms with E-state index in [0.717, 1.165) is 21.4 Å². The van der Waals surface area contributed by atoms with Gasteiger partial charge in [0.1, 0.15) is 0 Å². The van der Waals surface area contributed by atoms with Gasteiger partial charge in [-0.1, -0.05) is 22.0 Å². The number of rotatable bonds is 6. The van der Waals surface area contributed by atoms with Crippen molar-refractivity contribution in [2.24, 2.45) is 7.05 Å². The number of aromatic nitrogens is 2. The van der Waals surface area contributed by atoms with E-state index in [4.69, 9.17) is 5.11 Å². The molecule has 0 aliphatic heterocycles. The van der Waals surface area contributed by atoms with E-state index in [1.54, 1.807) is 17.8 Å². The van der Waals surface area contributed by atoms with E-state index in [1.807, 2.05) is 25.1 Å². The summed E-state index contributed by atoms with van der Waals surface area (Å²) in [6, 6.07) is 7.39. The van der Waals surface area contributed by atoms with Crippen molar-refractivity contribution in [1.29, 1.82) is 0 Å². The minimum Gasteiger partial charge on any atom is -0.395 e. The zero-order valence-corrected chi connectivity index (χ0v) is 14.1. The average molecular weight is 367 g/mol. The molecule has 0 radical (unpaired) electrons. The van der Waals surface area contributed by atoms with Crippen LogP contribution in [0.3, 0.4) is 0 Å². The van der Waals surface area contributed by atoms with Crippen LogP contribution in [0.2, 0.25) is 0 Å². The number of carbonyl (C=O) groups is 1. The van der Waals surface area contributed by atoms with E-state index < -0.39 is 0 Å². The topological polar surface area (TPSA) is 79.2 Å². The van der Waals surface area contributed by atoms with Crippen molar-refractivity contribution in [3.63, 3.8) is 0 Å². The predicted molar refractivity (Wildman–Crippen MR) is 88.8 cm³/mol. The van der Waals surface area contributed by atoms with Crippen LogP contribution in [0.1, 0.15) is 21.7 Å². The summed E-state index contributed by atoms with van der Waals surface area (Å²) in [5.41, 5.74) is 2.97. The third-order valence-electron chi connectivity index (χ3n) is 3.32. The Morgan fingerprint density at radius 2 is 2.23 bits per heavy atom. The maximum absolute atomic E-state index is 12.3. The molecule has 0 aliphatic rings. The molecular formula is C15H19BrN4O2. The van der Waals surface area contributed by atoms with Crippen molar-refractivity contribution in [2.45, 2.75) is 13.5 Å². The number of benzene rings is 1. The largest absolute Gasteiger partial charge is 0.395 e. The molecule has 2 rings (SSSR count). The van der Waals surface area contributed by atoms with Gasteiger partial charge >= 0.3 is 0 Å². The number of nitrogens with one attached hydrogen (secondary N) is 2. The van der Waals surface area contributed by atoms with Crippen LogP contribution in [0.5, 0.6) is 0 Å². The lowest BCUT2D eigenvalue weighted by Crippen LogP contribution is -2.19. The molecule has 1 amide bonds. The van der Waals surface area contributed by atoms with Crippen LogP contribution >= 0.6 is 15.9 Å². The fourth-order valence-electron chi connectivity index (χ4n) is 2.01. The zero-order chi connectivity index (χ0) is 16.1. The van der Waals surface area contributed by atoms with E-state index in [9.17, 15) is 4.79 Å². The first-order valence-corrected chi connectivity index (χ1v) is 7.73. The summed E-state index contributed by atoms with van der Waals surface area (Å²) in [4.78, 5) is 12.3. The van der Waals surface area contributed by atoms with Crippen molar-refractivity contribution in [1.82, 2.24) is 15.1 Å². The number of hydrogen-bond donors (Lipinski definition) is 3. The van der Waals surface area contributed by atoms with Crippen LogP contribution in [0.15, 0.2) is 28.7 Å². The molecule has 0 atom stereocenters. The highest BCUT2D eigenvalue weighted by Gasteiger charge is 2.14. The molecule has 0 saturated carbocycles. The van der Waals surface area contributed by atoms with Gasteiger partial charge in [0, 0.05) is 30.3 Å². The quantitative estimate of drug-likeness (QED) is 0.681. The van der Waals surface area contributed by atoms with Gasteiger partial charge < -0.3 is 15.7 Å². The number of nitrogens with zero attached hydrogens (tertiary/aromatic N) is 2. The summed E-state index contributed by atoms with van der Waals surface area (Å²) in [5.74, 6) is -0.245. The molecule has 2 aromatic rings. The highest BCUT2D eigenvalue weighted by atomic mass is 79.9. The van der Waals surface area contributed by atoms with Crippen molar-refractivity contribution in [2.75, 3.05) is 18.5 Å². The number of aliphatic hydroxyl groups is 1. The molecule has 0 saturated heterocycles. The van der Waals surface area contributed by atoms with E-state index >= 15 is 0 Å². The average Bonchev–Trinajstić information content (AvgIpc) is 2.86. The Bertz CT molecular complexity index is 670. The SMILES string of the molecule is Cc1c(Br)cccc1NC(=O)c1cc(CNCCO)n(C)n1. The van der Waals surface area contributed by atoms with Crippen LogP contribution in [0, 0.1) is 6.92 Å². The van der Waals surface area contributed by atoms with E-state index in [1.165, 1.54) is 0 Å². The van der Waals surface area contributed by atoms with Crippen molar-refractivity contribution in [3.8, 4) is 0 Å². The van der Waals surface area contributed by atoms with Gasteiger partial charge in [0.05, 0.1) is 12.3 Å². The van der Waals surface area contributed by atoms with Gasteiger partial charge in [-0.25, -0.2) is 0 Å². The number of halogens is 1. The van der Waals surface area contributed by atoms with Gasteiger partial charge in [-0.3, -0.25) is 9.48 Å². The van der Waals surface area contributed by atoms with Gasteiger partial charge in [0.2, 0.25) is 0 Å². The number of amides is 1. The highest BCUT2D eigenvalue weighted by molar-refractivity contribution is 9.10. The number of anilines is 1. The lowest BCUT2D eigenvalue weighted by molar-refractivity contribution is 0.102. The molecule has 0 bridgehead atoms. The van der Waals surface area contributed by atoms with Crippen molar-refractivity contribution < 1.29 is 9.90 Å². The second kappa shape index (κ2) is 7.53. The monoisotopic (exact) mass is 366 g/mol. The molecule has 118 valence electrons. The highest BCUT2D eigenvalue weighted by Crippen LogP contribution is 2.23. The Kier molecular flexibility index (Phi) is 5.70. The molecule has 1 aromatic heterocycles. The Morgan fingerprint density at radius 3 is 2.95 bits per heavy atom. The Morgan fingerprint density at radius 1 is 1.45 bits per heavy atom. The van der Waals surface area contributed by atoms with Gasteiger partial charge in [0.15, 0.2) is 5.69 Å². The van der Waals surface area contributed by atoms with Crippen molar-refractivity contribution in [3.05, 3.63) is 45.7 Å². The van der Waals surface area contributed by atoms with E-state index in [2.05, 4.69) is 31.7 Å². The molecule has 22 heavy (non-hydrogen) atoms. The minimum absolute atomic E-state index is 0.0767. The van der Waals surface area contributed by atoms with Crippen LogP contribution in [0.25, 0.3) is 0 Å². The van der Waals surface area contributed by atoms with Gasteiger partial charge in [-0.2, -0.15) is 5.10 Å². The molecule has 0 aliphatic carbocycles. The summed E-state index contributed by atoms with van der Waals surface area (Å²) in [5, 5.41) is 18.9. The second-order valence-corrected chi connectivity index (χ2v) is 5.77. The molecule has 1 aromatic carbocycles. The third kappa shape index (κ3) is 3.94. The lowest BCUT2D eigenvalue weighted by Gasteiger charge is -2.08. The van der Waals surface area contributed by atoms with Crippen LogP contribution < -0.4 is 10.6 Å².